The van der Waals surface area contributed by atoms with E-state index in [4.69, 9.17) is 17.0 Å². The minimum absolute atomic E-state index is 0. The Morgan fingerprint density at radius 3 is 2.57 bits per heavy atom. The smallest absolute Gasteiger partial charge is 0.229 e. The third-order valence-corrected chi connectivity index (χ3v) is 7.55. The summed E-state index contributed by atoms with van der Waals surface area (Å²) in [6.07, 6.45) is 6.69. The average molecular weight is 726 g/mol. The van der Waals surface area contributed by atoms with Gasteiger partial charge in [-0.3, -0.25) is 16.7 Å². The Bertz CT molecular complexity index is 1170. The van der Waals surface area contributed by atoms with E-state index in [1.54, 1.807) is 0 Å². The molecule has 0 radical (unpaired) electrons. The van der Waals surface area contributed by atoms with Crippen molar-refractivity contribution in [3.8, 4) is 5.75 Å². The van der Waals surface area contributed by atoms with Gasteiger partial charge < -0.3 is 15.8 Å². The molecule has 2 aromatic carbocycles. The first-order chi connectivity index (χ1) is 17.1. The summed E-state index contributed by atoms with van der Waals surface area (Å²) in [7, 11) is 0. The summed E-state index contributed by atoms with van der Waals surface area (Å²) >= 11 is 0. The Morgan fingerprint density at radius 1 is 1.16 bits per heavy atom. The van der Waals surface area contributed by atoms with Crippen molar-refractivity contribution in [3.63, 3.8) is 0 Å². The molecule has 0 bridgehead atoms. The third kappa shape index (κ3) is 7.00. The Morgan fingerprint density at radius 2 is 1.86 bits per heavy atom. The first kappa shape index (κ1) is 29.3. The fraction of sp³-hybridized carbons (Fsp3) is 0.467. The summed E-state index contributed by atoms with van der Waals surface area (Å²) in [5, 5.41) is 6.04. The van der Waals surface area contributed by atoms with Crippen LogP contribution < -0.4 is 21.1 Å². The Kier molecular flexibility index (Phi) is 9.58. The fourth-order valence-corrected chi connectivity index (χ4v) is 5.41. The fourth-order valence-electron chi connectivity index (χ4n) is 5.41. The largest absolute Gasteiger partial charge is 0.487 e. The maximum Gasteiger partial charge on any atom is 0.229 e. The Balaban J connectivity index is 0.000000249. The molecule has 0 spiro atoms. The first-order valence-electron chi connectivity index (χ1n) is 13.1. The van der Waals surface area contributed by atoms with Crippen molar-refractivity contribution in [1.82, 2.24) is 10.6 Å². The number of aliphatic imine (C=N–C) groups is 1. The summed E-state index contributed by atoms with van der Waals surface area (Å²) in [5.41, 5.74) is 11.0. The topological polar surface area (TPSA) is 88.7 Å². The molecule has 37 heavy (non-hydrogen) atoms. The molecule has 3 aliphatic rings. The molecule has 2 aromatic rings. The molecule has 1 unspecified atom stereocenters. The number of guanidine groups is 1. The maximum absolute atomic E-state index is 11.1. The first-order valence-corrected chi connectivity index (χ1v) is 13.1. The predicted octanol–water partition coefficient (Wildman–Crippen LogP) is 5.22. The van der Waals surface area contributed by atoms with Gasteiger partial charge in [0.1, 0.15) is 11.4 Å². The zero-order valence-electron chi connectivity index (χ0n) is 22.5. The van der Waals surface area contributed by atoms with Crippen molar-refractivity contribution in [1.29, 1.82) is 0 Å². The zero-order valence-corrected chi connectivity index (χ0v) is 26.7. The van der Waals surface area contributed by atoms with E-state index < -0.39 is 0 Å². The van der Waals surface area contributed by atoms with E-state index in [2.05, 4.69) is 59.8 Å². The summed E-state index contributed by atoms with van der Waals surface area (Å²) in [6, 6.07) is 15.0. The van der Waals surface area contributed by atoms with Crippen LogP contribution in [-0.4, -0.2) is 23.0 Å². The molecule has 6 nitrogen and oxygen atoms in total. The quantitative estimate of drug-likeness (QED) is 0.369. The average Bonchev–Trinajstić information content (AvgIpc) is 3.31. The van der Waals surface area contributed by atoms with Gasteiger partial charge in [0.15, 0.2) is 5.96 Å². The van der Waals surface area contributed by atoms with Gasteiger partial charge in [0.25, 0.3) is 0 Å². The predicted molar refractivity (Wildman–Crippen MR) is 146 cm³/mol. The Hall–Kier alpha value is -2.23. The molecular weight excluding hydrogens is 686 g/mol. The van der Waals surface area contributed by atoms with Crippen LogP contribution in [0.15, 0.2) is 47.5 Å². The molecule has 0 fully saturated rings. The SMILES string of the molecule is CCC1(CC)CC(=O)NC(N)=N1.[CH-]=C(NC1CC(C)(C)Oc2ccccc21)c1ccc2c(c1)CCC2.[U]. The van der Waals surface area contributed by atoms with E-state index >= 15 is 0 Å². The van der Waals surface area contributed by atoms with E-state index in [1.807, 2.05) is 26.0 Å². The van der Waals surface area contributed by atoms with Gasteiger partial charge in [0.2, 0.25) is 5.91 Å². The van der Waals surface area contributed by atoms with Gasteiger partial charge in [0.05, 0.1) is 18.0 Å². The molecule has 2 aliphatic heterocycles. The minimum Gasteiger partial charge on any atom is -0.487 e. The molecule has 7 heteroatoms. The van der Waals surface area contributed by atoms with E-state index in [0.29, 0.717) is 6.42 Å². The molecule has 0 saturated carbocycles. The molecule has 5 rings (SSSR count). The second kappa shape index (κ2) is 12.1. The van der Waals surface area contributed by atoms with Crippen molar-refractivity contribution in [2.24, 2.45) is 10.7 Å². The Labute approximate surface area is 245 Å². The van der Waals surface area contributed by atoms with Crippen molar-refractivity contribution >= 4 is 17.6 Å². The number of carbonyl (C=O) groups excluding carboxylic acids is 1. The normalized spacial score (nSPS) is 20.4. The van der Waals surface area contributed by atoms with Gasteiger partial charge in [0, 0.05) is 43.1 Å². The summed E-state index contributed by atoms with van der Waals surface area (Å²) in [6.45, 7) is 14.7. The van der Waals surface area contributed by atoms with Gasteiger partial charge in [-0.05, 0) is 57.6 Å². The summed E-state index contributed by atoms with van der Waals surface area (Å²) in [4.78, 5) is 15.4. The van der Waals surface area contributed by atoms with E-state index in [0.717, 1.165) is 36.3 Å². The number of nitrogens with two attached hydrogens (primary N) is 1. The second-order valence-electron chi connectivity index (χ2n) is 10.7. The number of benzene rings is 2. The van der Waals surface area contributed by atoms with E-state index in [1.165, 1.54) is 36.0 Å². The van der Waals surface area contributed by atoms with Gasteiger partial charge in [-0.2, -0.15) is 5.56 Å². The monoisotopic (exact) mass is 725 g/mol. The molecule has 4 N–H and O–H groups in total. The van der Waals surface area contributed by atoms with Crippen LogP contribution in [0, 0.1) is 37.7 Å². The van der Waals surface area contributed by atoms with Crippen LogP contribution in [0.4, 0.5) is 0 Å². The van der Waals surface area contributed by atoms with Crippen molar-refractivity contribution in [2.75, 3.05) is 0 Å². The van der Waals surface area contributed by atoms with Crippen LogP contribution in [0.5, 0.6) is 5.75 Å². The molecule has 0 aromatic heterocycles. The van der Waals surface area contributed by atoms with Crippen LogP contribution >= 0.6 is 0 Å². The van der Waals surface area contributed by atoms with Crippen molar-refractivity contribution in [2.45, 2.75) is 89.8 Å². The standard InChI is InChI=1S/C22H24NO.C8H15N3O.U/c1-15(17-12-11-16-7-6-8-18(16)13-17)23-20-14-22(2,3)24-21-10-5-4-9-19(20)21;1-3-8(4-2)5-6(12)10-7(9)11-8;/h1,4-5,9-13,20,23H,6-8,14H2,2-3H3;3-5H2,1-2H3,(H3,9,10,11,12);/q-1;;. The van der Waals surface area contributed by atoms with Crippen molar-refractivity contribution < 1.29 is 40.6 Å². The van der Waals surface area contributed by atoms with E-state index in [-0.39, 0.29) is 60.2 Å². The number of ether oxygens (including phenoxy) is 1. The van der Waals surface area contributed by atoms with E-state index in [9.17, 15) is 4.79 Å². The minimum atomic E-state index is -0.244. The van der Waals surface area contributed by atoms with Crippen molar-refractivity contribution in [3.05, 3.63) is 71.3 Å². The molecule has 1 atom stereocenters. The number of fused-ring (bicyclic) bond motifs is 2. The molecular formula is C30H39N4O2U-. The zero-order chi connectivity index (χ0) is 25.9. The maximum atomic E-state index is 11.1. The van der Waals surface area contributed by atoms with Crippen LogP contribution in [-0.2, 0) is 17.6 Å². The number of nitrogens with zero attached hydrogens (tertiary/aromatic N) is 1. The van der Waals surface area contributed by atoms with Crippen LogP contribution in [0.2, 0.25) is 0 Å². The second-order valence-corrected chi connectivity index (χ2v) is 10.7. The van der Waals surface area contributed by atoms with Gasteiger partial charge in [-0.25, -0.2) is 4.99 Å². The summed E-state index contributed by atoms with van der Waals surface area (Å²) < 4.78 is 6.11. The van der Waals surface area contributed by atoms with Gasteiger partial charge in [-0.15, -0.1) is 17.8 Å². The molecule has 1 aliphatic carbocycles. The number of para-hydroxylation sites is 1. The summed E-state index contributed by atoms with van der Waals surface area (Å²) in [5.74, 6) is 1.19. The van der Waals surface area contributed by atoms with Crippen LogP contribution in [0.25, 0.3) is 5.70 Å². The van der Waals surface area contributed by atoms with Gasteiger partial charge in [-0.1, -0.05) is 43.7 Å². The number of rotatable bonds is 5. The molecule has 196 valence electrons. The van der Waals surface area contributed by atoms with Crippen LogP contribution in [0.1, 0.15) is 88.1 Å². The number of hydrogen-bond acceptors (Lipinski definition) is 5. The van der Waals surface area contributed by atoms with Crippen LogP contribution in [0.3, 0.4) is 0 Å². The number of aryl methyl sites for hydroxylation is 2. The molecule has 1 amide bonds. The number of hydrogen-bond donors (Lipinski definition) is 3. The number of carbonyl (C=O) groups is 1. The number of amides is 1. The molecule has 2 heterocycles. The van der Waals surface area contributed by atoms with Gasteiger partial charge >= 0.3 is 0 Å². The molecule has 0 saturated heterocycles. The third-order valence-electron chi connectivity index (χ3n) is 7.55. The number of nitrogens with one attached hydrogen (secondary N) is 2.